The molecule has 0 saturated heterocycles. The Morgan fingerprint density at radius 1 is 1.03 bits per heavy atom. The molecule has 0 aliphatic heterocycles. The molecule has 0 radical (unpaired) electrons. The van der Waals surface area contributed by atoms with Gasteiger partial charge in [-0.3, -0.25) is 0 Å². The number of aromatic amines is 1. The summed E-state index contributed by atoms with van der Waals surface area (Å²) in [4.78, 5) is 7.75. The molecule has 0 bridgehead atoms. The first kappa shape index (κ1) is 19.9. The maximum Gasteiger partial charge on any atom is 0.149 e. The van der Waals surface area contributed by atoms with Crippen molar-refractivity contribution in [1.29, 1.82) is 5.26 Å². The van der Waals surface area contributed by atoms with Crippen molar-refractivity contribution in [3.05, 3.63) is 90.8 Å². The number of fused-ring (bicyclic) bond motifs is 1. The van der Waals surface area contributed by atoms with Gasteiger partial charge in [0.1, 0.15) is 24.3 Å². The summed E-state index contributed by atoms with van der Waals surface area (Å²) in [5.41, 5.74) is 4.31. The highest BCUT2D eigenvalue weighted by Crippen LogP contribution is 2.31. The zero-order chi connectivity index (χ0) is 20.2. The van der Waals surface area contributed by atoms with Crippen LogP contribution in [-0.4, -0.2) is 9.97 Å². The smallest absolute Gasteiger partial charge is 0.149 e. The summed E-state index contributed by atoms with van der Waals surface area (Å²) in [5.74, 6) is 1.43. The van der Waals surface area contributed by atoms with Gasteiger partial charge in [-0.25, -0.2) is 4.98 Å². The summed E-state index contributed by atoms with van der Waals surface area (Å²) >= 11 is 4.55. The van der Waals surface area contributed by atoms with Gasteiger partial charge in [0.2, 0.25) is 0 Å². The fraction of sp³-hybridized carbons (Fsp3) is 0.0435. The maximum absolute atomic E-state index is 9.66. The van der Waals surface area contributed by atoms with Crippen molar-refractivity contribution in [2.24, 2.45) is 0 Å². The number of nitrogens with one attached hydrogen (secondary N) is 1. The van der Waals surface area contributed by atoms with Crippen molar-refractivity contribution >= 4 is 67.9 Å². The van der Waals surface area contributed by atoms with Crippen LogP contribution in [0.1, 0.15) is 17.0 Å². The number of para-hydroxylation sites is 2. The van der Waals surface area contributed by atoms with Gasteiger partial charge in [-0.05, 0) is 86.7 Å². The normalized spacial score (nSPS) is 11.4. The average molecular weight is 603 g/mol. The molecule has 1 aromatic heterocycles. The second kappa shape index (κ2) is 8.97. The average Bonchev–Trinajstić information content (AvgIpc) is 3.16. The van der Waals surface area contributed by atoms with Gasteiger partial charge in [0.25, 0.3) is 0 Å². The summed E-state index contributed by atoms with van der Waals surface area (Å²) in [7, 11) is 0. The highest BCUT2D eigenvalue weighted by Gasteiger charge is 2.11. The van der Waals surface area contributed by atoms with Crippen molar-refractivity contribution in [2.75, 3.05) is 0 Å². The first-order chi connectivity index (χ1) is 14.1. The number of benzene rings is 3. The molecule has 0 saturated carbocycles. The van der Waals surface area contributed by atoms with Crippen molar-refractivity contribution in [3.8, 4) is 11.8 Å². The summed E-state index contributed by atoms with van der Waals surface area (Å²) in [5, 5.41) is 9.66. The molecule has 0 aliphatic rings. The van der Waals surface area contributed by atoms with Gasteiger partial charge in [0.05, 0.1) is 23.7 Å². The molecule has 4 rings (SSSR count). The van der Waals surface area contributed by atoms with Crippen LogP contribution in [0.25, 0.3) is 22.7 Å². The van der Waals surface area contributed by atoms with Crippen LogP contribution in [0.4, 0.5) is 0 Å². The quantitative estimate of drug-likeness (QED) is 0.212. The molecule has 0 atom stereocenters. The largest absolute Gasteiger partial charge is 0.487 e. The molecule has 4 aromatic rings. The maximum atomic E-state index is 9.66. The Morgan fingerprint density at radius 3 is 2.41 bits per heavy atom. The van der Waals surface area contributed by atoms with Gasteiger partial charge in [-0.15, -0.1) is 0 Å². The Bertz CT molecular complexity index is 1180. The second-order valence-electron chi connectivity index (χ2n) is 6.36. The number of hydrogen-bond acceptors (Lipinski definition) is 3. The van der Waals surface area contributed by atoms with E-state index in [1.54, 1.807) is 0 Å². The minimum atomic E-state index is 0.491. The summed E-state index contributed by atoms with van der Waals surface area (Å²) in [6, 6.07) is 24.1. The van der Waals surface area contributed by atoms with Gasteiger partial charge in [-0.2, -0.15) is 5.26 Å². The van der Waals surface area contributed by atoms with Crippen LogP contribution in [0.5, 0.6) is 5.75 Å². The Kier molecular flexibility index (Phi) is 6.16. The predicted molar refractivity (Wildman–Crippen MR) is 132 cm³/mol. The van der Waals surface area contributed by atoms with Crippen molar-refractivity contribution in [2.45, 2.75) is 6.61 Å². The van der Waals surface area contributed by atoms with Gasteiger partial charge < -0.3 is 9.72 Å². The number of ether oxygens (including phenoxy) is 1. The lowest BCUT2D eigenvalue weighted by molar-refractivity contribution is 0.302. The van der Waals surface area contributed by atoms with Crippen LogP contribution in [0.3, 0.4) is 0 Å². The van der Waals surface area contributed by atoms with Gasteiger partial charge in [-0.1, -0.05) is 42.5 Å². The SMILES string of the molecule is N#C/C(=C\c1cc(I)c(OCc2ccccc2)c(I)c1)c1nc2ccccc2[nH]1. The van der Waals surface area contributed by atoms with Gasteiger partial charge in [0, 0.05) is 0 Å². The summed E-state index contributed by atoms with van der Waals surface area (Å²) in [6.45, 7) is 0.518. The number of allylic oxidation sites excluding steroid dienone is 1. The number of rotatable bonds is 5. The van der Waals surface area contributed by atoms with E-state index in [0.29, 0.717) is 18.0 Å². The van der Waals surface area contributed by atoms with Crippen LogP contribution in [0.15, 0.2) is 66.7 Å². The second-order valence-corrected chi connectivity index (χ2v) is 8.68. The first-order valence-corrected chi connectivity index (χ1v) is 11.0. The van der Waals surface area contributed by atoms with E-state index in [2.05, 4.69) is 61.2 Å². The number of nitrogens with zero attached hydrogens (tertiary/aromatic N) is 2. The van der Waals surface area contributed by atoms with E-state index in [1.165, 1.54) is 0 Å². The Balaban J connectivity index is 1.61. The molecule has 1 heterocycles. The fourth-order valence-corrected chi connectivity index (χ4v) is 5.06. The minimum Gasteiger partial charge on any atom is -0.487 e. The van der Waals surface area contributed by atoms with E-state index in [-0.39, 0.29) is 0 Å². The molecular formula is C23H15I2N3O. The van der Waals surface area contributed by atoms with Crippen LogP contribution in [-0.2, 0) is 6.61 Å². The van der Waals surface area contributed by atoms with E-state index in [0.717, 1.165) is 35.1 Å². The number of imidazole rings is 1. The third kappa shape index (κ3) is 4.62. The zero-order valence-electron chi connectivity index (χ0n) is 15.2. The number of halogens is 2. The number of nitriles is 1. The van der Waals surface area contributed by atoms with E-state index in [9.17, 15) is 5.26 Å². The van der Waals surface area contributed by atoms with E-state index >= 15 is 0 Å². The van der Waals surface area contributed by atoms with E-state index in [4.69, 9.17) is 4.74 Å². The lowest BCUT2D eigenvalue weighted by atomic mass is 10.1. The third-order valence-corrected chi connectivity index (χ3v) is 5.93. The lowest BCUT2D eigenvalue weighted by Crippen LogP contribution is -1.99. The van der Waals surface area contributed by atoms with E-state index in [1.807, 2.05) is 72.8 Å². The van der Waals surface area contributed by atoms with Crippen LogP contribution >= 0.6 is 45.2 Å². The highest BCUT2D eigenvalue weighted by atomic mass is 127. The Morgan fingerprint density at radius 2 is 1.72 bits per heavy atom. The molecule has 4 nitrogen and oxygen atoms in total. The topological polar surface area (TPSA) is 61.7 Å². The first-order valence-electron chi connectivity index (χ1n) is 8.87. The molecule has 29 heavy (non-hydrogen) atoms. The Hall–Kier alpha value is -2.38. The van der Waals surface area contributed by atoms with Gasteiger partial charge in [0.15, 0.2) is 0 Å². The number of hydrogen-bond donors (Lipinski definition) is 1. The molecule has 0 unspecified atom stereocenters. The predicted octanol–water partition coefficient (Wildman–Crippen LogP) is 6.42. The number of H-pyrrole nitrogens is 1. The third-order valence-electron chi connectivity index (χ3n) is 4.32. The molecule has 142 valence electrons. The number of aromatic nitrogens is 2. The summed E-state index contributed by atoms with van der Waals surface area (Å²) < 4.78 is 8.04. The lowest BCUT2D eigenvalue weighted by Gasteiger charge is -2.11. The zero-order valence-corrected chi connectivity index (χ0v) is 19.5. The molecule has 0 fully saturated rings. The highest BCUT2D eigenvalue weighted by molar-refractivity contribution is 14.1. The van der Waals surface area contributed by atoms with Crippen molar-refractivity contribution < 1.29 is 4.74 Å². The fourth-order valence-electron chi connectivity index (χ4n) is 2.93. The van der Waals surface area contributed by atoms with Crippen LogP contribution in [0.2, 0.25) is 0 Å². The molecule has 1 N–H and O–H groups in total. The Labute approximate surface area is 195 Å². The molecule has 6 heteroatoms. The molecule has 0 amide bonds. The molecule has 3 aromatic carbocycles. The van der Waals surface area contributed by atoms with Crippen LogP contribution in [0, 0.1) is 18.5 Å². The van der Waals surface area contributed by atoms with E-state index < -0.39 is 0 Å². The minimum absolute atomic E-state index is 0.491. The van der Waals surface area contributed by atoms with Crippen LogP contribution < -0.4 is 4.74 Å². The molecular weight excluding hydrogens is 588 g/mol. The van der Waals surface area contributed by atoms with Crippen molar-refractivity contribution in [1.82, 2.24) is 9.97 Å². The molecule has 0 spiro atoms. The molecule has 0 aliphatic carbocycles. The van der Waals surface area contributed by atoms with Crippen molar-refractivity contribution in [3.63, 3.8) is 0 Å². The van der Waals surface area contributed by atoms with Gasteiger partial charge >= 0.3 is 0 Å². The standard InChI is InChI=1S/C23H15I2N3O/c24-18-11-16(12-19(25)22(18)29-14-15-6-2-1-3-7-15)10-17(13-26)23-27-20-8-4-5-9-21(20)28-23/h1-12H,14H2,(H,27,28)/b17-10+. The monoisotopic (exact) mass is 603 g/mol. The summed E-state index contributed by atoms with van der Waals surface area (Å²) in [6.07, 6.45) is 1.85.